The Labute approximate surface area is 205 Å². The van der Waals surface area contributed by atoms with E-state index in [4.69, 9.17) is 33.3 Å². The van der Waals surface area contributed by atoms with Crippen molar-refractivity contribution in [2.45, 2.75) is 6.42 Å². The van der Waals surface area contributed by atoms with Crippen LogP contribution in [0, 0.1) is 4.77 Å². The fraction of sp³-hybridized carbons (Fsp3) is 0.160. The Morgan fingerprint density at radius 3 is 2.53 bits per heavy atom. The van der Waals surface area contributed by atoms with Crippen molar-refractivity contribution in [2.75, 3.05) is 20.8 Å². The molecule has 9 heteroatoms. The maximum Gasteiger partial charge on any atom is 0.266 e. The van der Waals surface area contributed by atoms with Crippen molar-refractivity contribution in [2.24, 2.45) is 0 Å². The van der Waals surface area contributed by atoms with Crippen LogP contribution >= 0.6 is 23.8 Å². The van der Waals surface area contributed by atoms with Gasteiger partial charge < -0.3 is 19.8 Å². The minimum Gasteiger partial charge on any atom is -0.497 e. The number of ether oxygens (including phenoxy) is 2. The number of fused-ring (bicyclic) bond motifs is 1. The van der Waals surface area contributed by atoms with E-state index in [0.29, 0.717) is 51.6 Å². The molecule has 34 heavy (non-hydrogen) atoms. The summed E-state index contributed by atoms with van der Waals surface area (Å²) in [5, 5.41) is 3.96. The highest BCUT2D eigenvalue weighted by atomic mass is 35.5. The average Bonchev–Trinajstić information content (AvgIpc) is 2.85. The SMILES string of the molecule is COc1ccc(-n2c(=S)[nH]c3cc(C(=O)NCCc4ccc(Cl)cc4)ccc3c2=O)c(OC)c1. The van der Waals surface area contributed by atoms with Gasteiger partial charge in [0.2, 0.25) is 0 Å². The van der Waals surface area contributed by atoms with Crippen LogP contribution < -0.4 is 20.3 Å². The molecule has 2 N–H and O–H groups in total. The lowest BCUT2D eigenvalue weighted by Gasteiger charge is -2.13. The Morgan fingerprint density at radius 2 is 1.82 bits per heavy atom. The van der Waals surface area contributed by atoms with Crippen LogP contribution in [0.15, 0.2) is 65.5 Å². The molecular weight excluding hydrogens is 474 g/mol. The smallest absolute Gasteiger partial charge is 0.266 e. The van der Waals surface area contributed by atoms with E-state index in [2.05, 4.69) is 10.3 Å². The topological polar surface area (TPSA) is 85.4 Å². The van der Waals surface area contributed by atoms with Crippen LogP contribution in [0.3, 0.4) is 0 Å². The second-order valence-electron chi connectivity index (χ2n) is 7.50. The van der Waals surface area contributed by atoms with Gasteiger partial charge in [-0.15, -0.1) is 0 Å². The first-order chi connectivity index (χ1) is 16.4. The van der Waals surface area contributed by atoms with Crippen molar-refractivity contribution in [1.29, 1.82) is 0 Å². The summed E-state index contributed by atoms with van der Waals surface area (Å²) >= 11 is 11.4. The van der Waals surface area contributed by atoms with Crippen LogP contribution in [0.2, 0.25) is 5.02 Å². The van der Waals surface area contributed by atoms with Gasteiger partial charge in [-0.1, -0.05) is 23.7 Å². The standard InChI is InChI=1S/C25H22ClN3O4S/c1-32-18-8-10-21(22(14-18)33-2)29-24(31)19-9-5-16(13-20(19)28-25(29)34)23(30)27-12-11-15-3-6-17(26)7-4-15/h3-10,13-14H,11-12H2,1-2H3,(H,27,30)(H,28,34). The van der Waals surface area contributed by atoms with Gasteiger partial charge in [-0.05, 0) is 66.7 Å². The first-order valence-electron chi connectivity index (χ1n) is 10.5. The molecule has 0 saturated heterocycles. The van der Waals surface area contributed by atoms with Crippen LogP contribution in [0.25, 0.3) is 16.6 Å². The lowest BCUT2D eigenvalue weighted by Crippen LogP contribution is -2.26. The van der Waals surface area contributed by atoms with E-state index in [9.17, 15) is 9.59 Å². The summed E-state index contributed by atoms with van der Waals surface area (Å²) < 4.78 is 12.2. The molecule has 0 aliphatic carbocycles. The highest BCUT2D eigenvalue weighted by molar-refractivity contribution is 7.71. The summed E-state index contributed by atoms with van der Waals surface area (Å²) in [5.41, 5.74) is 2.14. The third-order valence-electron chi connectivity index (χ3n) is 5.40. The Morgan fingerprint density at radius 1 is 1.06 bits per heavy atom. The number of carbonyl (C=O) groups excluding carboxylic acids is 1. The fourth-order valence-electron chi connectivity index (χ4n) is 3.62. The van der Waals surface area contributed by atoms with Crippen molar-refractivity contribution in [3.8, 4) is 17.2 Å². The lowest BCUT2D eigenvalue weighted by atomic mass is 10.1. The number of aromatic amines is 1. The minimum absolute atomic E-state index is 0.182. The van der Waals surface area contributed by atoms with E-state index in [-0.39, 0.29) is 16.2 Å². The number of methoxy groups -OCH3 is 2. The molecule has 1 amide bonds. The van der Waals surface area contributed by atoms with Gasteiger partial charge in [-0.2, -0.15) is 0 Å². The molecule has 0 saturated carbocycles. The van der Waals surface area contributed by atoms with Crippen molar-refractivity contribution in [1.82, 2.24) is 14.9 Å². The van der Waals surface area contributed by atoms with E-state index in [1.165, 1.54) is 11.7 Å². The van der Waals surface area contributed by atoms with Gasteiger partial charge >= 0.3 is 0 Å². The number of nitrogens with zero attached hydrogens (tertiary/aromatic N) is 1. The van der Waals surface area contributed by atoms with Crippen molar-refractivity contribution >= 4 is 40.6 Å². The molecule has 0 spiro atoms. The predicted molar refractivity (Wildman–Crippen MR) is 135 cm³/mol. The molecule has 174 valence electrons. The summed E-state index contributed by atoms with van der Waals surface area (Å²) in [4.78, 5) is 29.0. The van der Waals surface area contributed by atoms with Crippen LogP contribution in [-0.4, -0.2) is 36.2 Å². The summed E-state index contributed by atoms with van der Waals surface area (Å²) in [7, 11) is 3.06. The normalized spacial score (nSPS) is 10.8. The van der Waals surface area contributed by atoms with Gasteiger partial charge in [0, 0.05) is 23.2 Å². The Bertz CT molecular complexity index is 1480. The molecule has 0 atom stereocenters. The molecule has 0 bridgehead atoms. The number of hydrogen-bond acceptors (Lipinski definition) is 5. The molecule has 4 aromatic rings. The molecular formula is C25H22ClN3O4S. The van der Waals surface area contributed by atoms with Gasteiger partial charge in [-0.25, -0.2) is 4.57 Å². The molecule has 0 aliphatic rings. The Kier molecular flexibility index (Phi) is 7.00. The minimum atomic E-state index is -0.322. The predicted octanol–water partition coefficient (Wildman–Crippen LogP) is 4.69. The second kappa shape index (κ2) is 10.1. The average molecular weight is 496 g/mol. The first kappa shape index (κ1) is 23.5. The highest BCUT2D eigenvalue weighted by Gasteiger charge is 2.14. The van der Waals surface area contributed by atoms with Crippen LogP contribution in [-0.2, 0) is 6.42 Å². The first-order valence-corrected chi connectivity index (χ1v) is 11.2. The monoisotopic (exact) mass is 495 g/mol. The number of H-pyrrole nitrogens is 1. The van der Waals surface area contributed by atoms with E-state index in [1.807, 2.05) is 24.3 Å². The van der Waals surface area contributed by atoms with Crippen molar-refractivity contribution in [3.63, 3.8) is 0 Å². The summed E-state index contributed by atoms with van der Waals surface area (Å²) in [6.07, 6.45) is 0.674. The van der Waals surface area contributed by atoms with Crippen LogP contribution in [0.1, 0.15) is 15.9 Å². The molecule has 3 aromatic carbocycles. The van der Waals surface area contributed by atoms with E-state index >= 15 is 0 Å². The molecule has 0 radical (unpaired) electrons. The van der Waals surface area contributed by atoms with Crippen LogP contribution in [0.5, 0.6) is 11.5 Å². The molecule has 7 nitrogen and oxygen atoms in total. The van der Waals surface area contributed by atoms with Gasteiger partial charge in [0.1, 0.15) is 11.5 Å². The van der Waals surface area contributed by atoms with Crippen LogP contribution in [0.4, 0.5) is 0 Å². The van der Waals surface area contributed by atoms with Gasteiger partial charge in [0.15, 0.2) is 4.77 Å². The van der Waals surface area contributed by atoms with Gasteiger partial charge in [0.05, 0.1) is 30.8 Å². The van der Waals surface area contributed by atoms with E-state index in [1.54, 1.807) is 43.5 Å². The quantitative estimate of drug-likeness (QED) is 0.363. The molecule has 0 aliphatic heterocycles. The molecule has 4 rings (SSSR count). The second-order valence-corrected chi connectivity index (χ2v) is 8.32. The number of carbonyl (C=O) groups is 1. The Balaban J connectivity index is 1.60. The number of hydrogen-bond donors (Lipinski definition) is 2. The highest BCUT2D eigenvalue weighted by Crippen LogP contribution is 2.27. The molecule has 1 heterocycles. The number of nitrogens with one attached hydrogen (secondary N) is 2. The third kappa shape index (κ3) is 4.83. The van der Waals surface area contributed by atoms with Crippen molar-refractivity contribution in [3.05, 3.63) is 91.9 Å². The number of benzene rings is 3. The Hall–Kier alpha value is -3.62. The number of aromatic nitrogens is 2. The summed E-state index contributed by atoms with van der Waals surface area (Å²) in [6, 6.07) is 17.4. The van der Waals surface area contributed by atoms with Gasteiger partial charge in [-0.3, -0.25) is 9.59 Å². The maximum absolute atomic E-state index is 13.3. The molecule has 1 aromatic heterocycles. The van der Waals surface area contributed by atoms with Gasteiger partial charge in [0.25, 0.3) is 11.5 Å². The maximum atomic E-state index is 13.3. The van der Waals surface area contributed by atoms with Crippen molar-refractivity contribution < 1.29 is 14.3 Å². The zero-order chi connectivity index (χ0) is 24.2. The fourth-order valence-corrected chi connectivity index (χ4v) is 4.04. The zero-order valence-corrected chi connectivity index (χ0v) is 20.1. The van der Waals surface area contributed by atoms with E-state index in [0.717, 1.165) is 5.56 Å². The molecule has 0 unspecified atom stereocenters. The molecule has 0 fully saturated rings. The largest absolute Gasteiger partial charge is 0.497 e. The van der Waals surface area contributed by atoms with E-state index < -0.39 is 0 Å². The third-order valence-corrected chi connectivity index (χ3v) is 5.94. The summed E-state index contributed by atoms with van der Waals surface area (Å²) in [5.74, 6) is 0.796. The number of rotatable bonds is 7. The number of amides is 1. The zero-order valence-electron chi connectivity index (χ0n) is 18.6. The number of halogens is 1. The summed E-state index contributed by atoms with van der Waals surface area (Å²) in [6.45, 7) is 0.466. The lowest BCUT2D eigenvalue weighted by molar-refractivity contribution is 0.0954.